The molecule has 0 spiro atoms. The first-order valence-corrected chi connectivity index (χ1v) is 6.71. The lowest BCUT2D eigenvalue weighted by Gasteiger charge is -2.22. The van der Waals surface area contributed by atoms with Crippen molar-refractivity contribution >= 4 is 15.9 Å². The van der Waals surface area contributed by atoms with Gasteiger partial charge in [-0.1, -0.05) is 13.8 Å². The summed E-state index contributed by atoms with van der Waals surface area (Å²) in [6.45, 7) is 5.99. The van der Waals surface area contributed by atoms with Gasteiger partial charge in [-0.05, 0) is 33.6 Å². The third-order valence-electron chi connectivity index (χ3n) is 2.85. The minimum Gasteiger partial charge on any atom is -0.454 e. The maximum atomic E-state index is 9.18. The van der Waals surface area contributed by atoms with E-state index in [1.54, 1.807) is 0 Å². The molecule has 1 aliphatic heterocycles. The Hall–Kier alpha value is -0.780. The summed E-state index contributed by atoms with van der Waals surface area (Å²) >= 11 is 3.47. The van der Waals surface area contributed by atoms with Crippen LogP contribution in [0.15, 0.2) is 16.6 Å². The van der Waals surface area contributed by atoms with Crippen molar-refractivity contribution in [2.24, 2.45) is 5.41 Å². The summed E-state index contributed by atoms with van der Waals surface area (Å²) in [7, 11) is 0. The first-order valence-electron chi connectivity index (χ1n) is 5.91. The van der Waals surface area contributed by atoms with Crippen LogP contribution in [-0.4, -0.2) is 25.1 Å². The predicted molar refractivity (Wildman–Crippen MR) is 72.8 cm³/mol. The molecule has 0 saturated heterocycles. The van der Waals surface area contributed by atoms with Gasteiger partial charge in [0.05, 0.1) is 4.47 Å². The third kappa shape index (κ3) is 3.16. The minimum absolute atomic E-state index is 0.104. The van der Waals surface area contributed by atoms with Gasteiger partial charge in [-0.2, -0.15) is 0 Å². The SMILES string of the molecule is CC(C)(CO)CNCc1cc(Br)c2c(c1)OCO2. The highest BCUT2D eigenvalue weighted by atomic mass is 79.9. The monoisotopic (exact) mass is 315 g/mol. The van der Waals surface area contributed by atoms with Crippen LogP contribution in [-0.2, 0) is 6.54 Å². The van der Waals surface area contributed by atoms with Crippen LogP contribution in [0.4, 0.5) is 0 Å². The van der Waals surface area contributed by atoms with Crippen LogP contribution in [0.2, 0.25) is 0 Å². The molecule has 0 atom stereocenters. The lowest BCUT2D eigenvalue weighted by atomic mass is 9.95. The standard InChI is InChI=1S/C13H18BrNO3/c1-13(2,7-16)6-15-5-9-3-10(14)12-11(4-9)17-8-18-12/h3-4,15-16H,5-8H2,1-2H3. The highest BCUT2D eigenvalue weighted by Gasteiger charge is 2.19. The Morgan fingerprint density at radius 1 is 1.39 bits per heavy atom. The fourth-order valence-corrected chi connectivity index (χ4v) is 2.33. The molecule has 0 radical (unpaired) electrons. The number of rotatable bonds is 5. The third-order valence-corrected chi connectivity index (χ3v) is 3.44. The predicted octanol–water partition coefficient (Wildman–Crippen LogP) is 2.29. The van der Waals surface area contributed by atoms with Crippen LogP contribution < -0.4 is 14.8 Å². The number of aliphatic hydroxyl groups excluding tert-OH is 1. The topological polar surface area (TPSA) is 50.7 Å². The molecular formula is C13H18BrNO3. The molecule has 0 fully saturated rings. The highest BCUT2D eigenvalue weighted by Crippen LogP contribution is 2.39. The molecule has 2 N–H and O–H groups in total. The summed E-state index contributed by atoms with van der Waals surface area (Å²) in [5.41, 5.74) is 1.02. The van der Waals surface area contributed by atoms with E-state index in [9.17, 15) is 5.11 Å². The second-order valence-corrected chi connectivity index (χ2v) is 6.09. The average Bonchev–Trinajstić information content (AvgIpc) is 2.77. The molecule has 0 aromatic heterocycles. The van der Waals surface area contributed by atoms with Crippen LogP contribution in [0.25, 0.3) is 0 Å². The van der Waals surface area contributed by atoms with Gasteiger partial charge < -0.3 is 19.9 Å². The van der Waals surface area contributed by atoms with Gasteiger partial charge >= 0.3 is 0 Å². The maximum absolute atomic E-state index is 9.18. The number of hydrogen-bond donors (Lipinski definition) is 2. The molecule has 1 aromatic rings. The van der Waals surface area contributed by atoms with E-state index >= 15 is 0 Å². The van der Waals surface area contributed by atoms with E-state index in [1.807, 2.05) is 26.0 Å². The van der Waals surface area contributed by atoms with Crippen molar-refractivity contribution in [1.82, 2.24) is 5.32 Å². The fraction of sp³-hybridized carbons (Fsp3) is 0.538. The molecule has 5 heteroatoms. The first kappa shape index (κ1) is 13.6. The molecule has 0 amide bonds. The Morgan fingerprint density at radius 3 is 2.89 bits per heavy atom. The highest BCUT2D eigenvalue weighted by molar-refractivity contribution is 9.10. The van der Waals surface area contributed by atoms with Crippen LogP contribution in [0.5, 0.6) is 11.5 Å². The van der Waals surface area contributed by atoms with E-state index in [0.717, 1.165) is 34.6 Å². The molecule has 2 rings (SSSR count). The number of aliphatic hydroxyl groups is 1. The normalized spacial score (nSPS) is 14.0. The Bertz CT molecular complexity index is 434. The van der Waals surface area contributed by atoms with Crippen molar-refractivity contribution in [1.29, 1.82) is 0 Å². The van der Waals surface area contributed by atoms with E-state index < -0.39 is 0 Å². The number of fused-ring (bicyclic) bond motifs is 1. The van der Waals surface area contributed by atoms with Crippen LogP contribution >= 0.6 is 15.9 Å². The second kappa shape index (κ2) is 5.47. The van der Waals surface area contributed by atoms with E-state index in [-0.39, 0.29) is 18.8 Å². The quantitative estimate of drug-likeness (QED) is 0.875. The molecule has 1 aromatic carbocycles. The number of nitrogens with one attached hydrogen (secondary N) is 1. The van der Waals surface area contributed by atoms with Gasteiger partial charge in [-0.15, -0.1) is 0 Å². The van der Waals surface area contributed by atoms with Gasteiger partial charge in [0.15, 0.2) is 11.5 Å². The summed E-state index contributed by atoms with van der Waals surface area (Å²) < 4.78 is 11.6. The molecule has 0 aliphatic carbocycles. The molecule has 100 valence electrons. The van der Waals surface area contributed by atoms with Crippen LogP contribution in [0.3, 0.4) is 0 Å². The second-order valence-electron chi connectivity index (χ2n) is 5.24. The average molecular weight is 316 g/mol. The van der Waals surface area contributed by atoms with Crippen molar-refractivity contribution in [3.63, 3.8) is 0 Å². The Kier molecular flexibility index (Phi) is 4.14. The van der Waals surface area contributed by atoms with Gasteiger partial charge in [-0.3, -0.25) is 0 Å². The molecule has 1 heterocycles. The smallest absolute Gasteiger partial charge is 0.231 e. The van der Waals surface area contributed by atoms with Gasteiger partial charge in [0, 0.05) is 25.1 Å². The lowest BCUT2D eigenvalue weighted by Crippen LogP contribution is -2.31. The number of benzene rings is 1. The van der Waals surface area contributed by atoms with E-state index in [2.05, 4.69) is 21.2 Å². The van der Waals surface area contributed by atoms with Gasteiger partial charge in [0.1, 0.15) is 0 Å². The zero-order valence-corrected chi connectivity index (χ0v) is 12.2. The number of ether oxygens (including phenoxy) is 2. The summed E-state index contributed by atoms with van der Waals surface area (Å²) in [5, 5.41) is 12.5. The van der Waals surface area contributed by atoms with E-state index in [1.165, 1.54) is 0 Å². The molecule has 1 aliphatic rings. The molecule has 0 saturated carbocycles. The van der Waals surface area contributed by atoms with Crippen LogP contribution in [0, 0.1) is 5.41 Å². The molecule has 18 heavy (non-hydrogen) atoms. The zero-order valence-electron chi connectivity index (χ0n) is 10.6. The van der Waals surface area contributed by atoms with Crippen molar-refractivity contribution in [2.45, 2.75) is 20.4 Å². The van der Waals surface area contributed by atoms with Crippen molar-refractivity contribution in [3.8, 4) is 11.5 Å². The van der Waals surface area contributed by atoms with Crippen LogP contribution in [0.1, 0.15) is 19.4 Å². The summed E-state index contributed by atoms with van der Waals surface area (Å²) in [6.07, 6.45) is 0. The first-order chi connectivity index (χ1) is 8.52. The largest absolute Gasteiger partial charge is 0.454 e. The Balaban J connectivity index is 1.97. The summed E-state index contributed by atoms with van der Waals surface area (Å²) in [6, 6.07) is 4.00. The molecule has 0 unspecified atom stereocenters. The van der Waals surface area contributed by atoms with E-state index in [0.29, 0.717) is 0 Å². The molecule has 4 nitrogen and oxygen atoms in total. The van der Waals surface area contributed by atoms with E-state index in [4.69, 9.17) is 9.47 Å². The van der Waals surface area contributed by atoms with Crippen molar-refractivity contribution in [2.75, 3.05) is 19.9 Å². The summed E-state index contributed by atoms with van der Waals surface area (Å²) in [5.74, 6) is 1.55. The summed E-state index contributed by atoms with van der Waals surface area (Å²) in [4.78, 5) is 0. The minimum atomic E-state index is -0.104. The zero-order chi connectivity index (χ0) is 13.2. The van der Waals surface area contributed by atoms with Gasteiger partial charge in [-0.25, -0.2) is 0 Å². The maximum Gasteiger partial charge on any atom is 0.231 e. The Morgan fingerprint density at radius 2 is 2.17 bits per heavy atom. The van der Waals surface area contributed by atoms with Crippen molar-refractivity contribution < 1.29 is 14.6 Å². The number of halogens is 1. The lowest BCUT2D eigenvalue weighted by molar-refractivity contribution is 0.156. The number of hydrogen-bond acceptors (Lipinski definition) is 4. The molecule has 0 bridgehead atoms. The molecular weight excluding hydrogens is 298 g/mol. The van der Waals surface area contributed by atoms with Gasteiger partial charge in [0.25, 0.3) is 0 Å². The Labute approximate surface area is 115 Å². The fourth-order valence-electron chi connectivity index (χ4n) is 1.72. The van der Waals surface area contributed by atoms with Crippen molar-refractivity contribution in [3.05, 3.63) is 22.2 Å². The van der Waals surface area contributed by atoms with Gasteiger partial charge in [0.2, 0.25) is 6.79 Å².